The van der Waals surface area contributed by atoms with Crippen molar-refractivity contribution >= 4 is 21.8 Å². The molecule has 0 atom stereocenters. The number of hydrogen-bond donors (Lipinski definition) is 0. The molecule has 0 radical (unpaired) electrons. The summed E-state index contributed by atoms with van der Waals surface area (Å²) in [5.41, 5.74) is 0. The summed E-state index contributed by atoms with van der Waals surface area (Å²) in [4.78, 5) is 22.0. The molecule has 112 valence electrons. The van der Waals surface area contributed by atoms with Gasteiger partial charge in [0, 0.05) is 12.8 Å². The maximum absolute atomic E-state index is 11.5. The third kappa shape index (κ3) is 10.5. The maximum atomic E-state index is 11.5. The lowest BCUT2D eigenvalue weighted by Gasteiger charge is -2.06. The van der Waals surface area contributed by atoms with E-state index in [4.69, 9.17) is 9.47 Å². The lowest BCUT2D eigenvalue weighted by molar-refractivity contribution is -0.143. The first-order chi connectivity index (χ1) is 8.91. The van der Waals surface area contributed by atoms with Gasteiger partial charge in [-0.25, -0.2) is 8.42 Å². The molecule has 0 rings (SSSR count). The Labute approximate surface area is 114 Å². The summed E-state index contributed by atoms with van der Waals surface area (Å²) in [5.74, 6) is -1.28. The first kappa shape index (κ1) is 17.9. The fourth-order valence-corrected chi connectivity index (χ4v) is 2.10. The van der Waals surface area contributed by atoms with E-state index in [9.17, 15) is 18.0 Å². The van der Waals surface area contributed by atoms with Crippen LogP contribution in [0, 0.1) is 0 Å². The molecular formula is C12H22O6S. The molecule has 0 unspecified atom stereocenters. The molecule has 0 saturated heterocycles. The standard InChI is InChI=1S/C12H22O6S/c1-3-5-11(13)17-7-9-19(15,16)10-8-18-12(14)6-4-2/h3-10H2,1-2H3. The van der Waals surface area contributed by atoms with Crippen LogP contribution < -0.4 is 0 Å². The average molecular weight is 294 g/mol. The summed E-state index contributed by atoms with van der Waals surface area (Å²) in [5, 5.41) is 0. The molecule has 0 aromatic heterocycles. The highest BCUT2D eigenvalue weighted by Gasteiger charge is 2.13. The predicted octanol–water partition coefficient (Wildman–Crippen LogP) is 1.09. The van der Waals surface area contributed by atoms with Crippen LogP contribution in [0.4, 0.5) is 0 Å². The molecule has 0 fully saturated rings. The minimum Gasteiger partial charge on any atom is -0.465 e. The summed E-state index contributed by atoms with van der Waals surface area (Å²) in [6.07, 6.45) is 1.90. The maximum Gasteiger partial charge on any atom is 0.305 e. The number of hydrogen-bond acceptors (Lipinski definition) is 6. The molecule has 0 bridgehead atoms. The van der Waals surface area contributed by atoms with E-state index in [2.05, 4.69) is 0 Å². The molecule has 0 N–H and O–H groups in total. The molecule has 0 aromatic rings. The molecule has 0 saturated carbocycles. The number of carbonyl (C=O) groups is 2. The van der Waals surface area contributed by atoms with Crippen LogP contribution in [0.2, 0.25) is 0 Å². The quantitative estimate of drug-likeness (QED) is 0.560. The highest BCUT2D eigenvalue weighted by molar-refractivity contribution is 7.91. The number of carbonyl (C=O) groups excluding carboxylic acids is 2. The van der Waals surface area contributed by atoms with Gasteiger partial charge in [0.25, 0.3) is 0 Å². The Bertz CT molecular complexity index is 344. The molecule has 6 nitrogen and oxygen atoms in total. The smallest absolute Gasteiger partial charge is 0.305 e. The minimum atomic E-state index is -3.36. The van der Waals surface area contributed by atoms with Gasteiger partial charge in [-0.2, -0.15) is 0 Å². The van der Waals surface area contributed by atoms with Crippen LogP contribution in [-0.4, -0.2) is 45.1 Å². The van der Waals surface area contributed by atoms with E-state index >= 15 is 0 Å². The molecule has 0 heterocycles. The van der Waals surface area contributed by atoms with Crippen LogP contribution in [0.1, 0.15) is 39.5 Å². The van der Waals surface area contributed by atoms with Crippen LogP contribution in [0.3, 0.4) is 0 Å². The fraction of sp³-hybridized carbons (Fsp3) is 0.833. The molecule has 0 aliphatic heterocycles. The van der Waals surface area contributed by atoms with Crippen molar-refractivity contribution in [3.05, 3.63) is 0 Å². The first-order valence-corrected chi connectivity index (χ1v) is 8.25. The topological polar surface area (TPSA) is 86.7 Å². The lowest BCUT2D eigenvalue weighted by atomic mass is 10.3. The number of sulfone groups is 1. The second kappa shape index (κ2) is 9.77. The number of ether oxygens (including phenoxy) is 2. The minimum absolute atomic E-state index is 0.149. The predicted molar refractivity (Wildman–Crippen MR) is 70.4 cm³/mol. The van der Waals surface area contributed by atoms with Crippen molar-refractivity contribution < 1.29 is 27.5 Å². The molecular weight excluding hydrogens is 272 g/mol. The Kier molecular flexibility index (Phi) is 9.20. The van der Waals surface area contributed by atoms with E-state index in [0.717, 1.165) is 0 Å². The van der Waals surface area contributed by atoms with Crippen molar-refractivity contribution in [3.8, 4) is 0 Å². The van der Waals surface area contributed by atoms with Gasteiger partial charge in [0.05, 0.1) is 11.5 Å². The van der Waals surface area contributed by atoms with E-state index in [1.165, 1.54) is 0 Å². The second-order valence-corrected chi connectivity index (χ2v) is 6.40. The van der Waals surface area contributed by atoms with E-state index in [1.807, 2.05) is 13.8 Å². The van der Waals surface area contributed by atoms with Crippen LogP contribution in [0.15, 0.2) is 0 Å². The Morgan fingerprint density at radius 1 is 0.842 bits per heavy atom. The van der Waals surface area contributed by atoms with Crippen molar-refractivity contribution in [1.82, 2.24) is 0 Å². The molecule has 0 aromatic carbocycles. The molecule has 0 amide bonds. The Morgan fingerprint density at radius 2 is 1.21 bits per heavy atom. The number of rotatable bonds is 10. The largest absolute Gasteiger partial charge is 0.465 e. The Morgan fingerprint density at radius 3 is 1.53 bits per heavy atom. The van der Waals surface area contributed by atoms with Gasteiger partial charge in [-0.15, -0.1) is 0 Å². The summed E-state index contributed by atoms with van der Waals surface area (Å²) in [6.45, 7) is 3.37. The Hall–Kier alpha value is -1.11. The van der Waals surface area contributed by atoms with Crippen LogP contribution in [0.25, 0.3) is 0 Å². The van der Waals surface area contributed by atoms with Crippen molar-refractivity contribution in [3.63, 3.8) is 0 Å². The summed E-state index contributed by atoms with van der Waals surface area (Å²) in [6, 6.07) is 0. The van der Waals surface area contributed by atoms with Gasteiger partial charge < -0.3 is 9.47 Å². The lowest BCUT2D eigenvalue weighted by Crippen LogP contribution is -2.21. The van der Waals surface area contributed by atoms with Gasteiger partial charge in [-0.3, -0.25) is 9.59 Å². The van der Waals surface area contributed by atoms with E-state index in [0.29, 0.717) is 12.8 Å². The van der Waals surface area contributed by atoms with Gasteiger partial charge in [-0.1, -0.05) is 13.8 Å². The average Bonchev–Trinajstić information content (AvgIpc) is 2.29. The Balaban J connectivity index is 3.81. The zero-order valence-corrected chi connectivity index (χ0v) is 12.3. The van der Waals surface area contributed by atoms with Crippen molar-refractivity contribution in [1.29, 1.82) is 0 Å². The second-order valence-electron chi connectivity index (χ2n) is 4.09. The van der Waals surface area contributed by atoms with Gasteiger partial charge >= 0.3 is 11.9 Å². The zero-order chi connectivity index (χ0) is 14.7. The monoisotopic (exact) mass is 294 g/mol. The highest BCUT2D eigenvalue weighted by atomic mass is 32.2. The van der Waals surface area contributed by atoms with Crippen molar-refractivity contribution in [2.75, 3.05) is 24.7 Å². The third-order valence-electron chi connectivity index (χ3n) is 2.22. The zero-order valence-electron chi connectivity index (χ0n) is 11.5. The SMILES string of the molecule is CCCC(=O)OCCS(=O)(=O)CCOC(=O)CCC. The summed E-state index contributed by atoms with van der Waals surface area (Å²) < 4.78 is 32.6. The molecule has 0 aliphatic rings. The molecule has 0 aliphatic carbocycles. The van der Waals surface area contributed by atoms with E-state index < -0.39 is 21.8 Å². The van der Waals surface area contributed by atoms with E-state index in [-0.39, 0.29) is 37.6 Å². The normalized spacial score (nSPS) is 11.1. The van der Waals surface area contributed by atoms with Gasteiger partial charge in [0.15, 0.2) is 9.84 Å². The van der Waals surface area contributed by atoms with Gasteiger partial charge in [-0.05, 0) is 12.8 Å². The van der Waals surface area contributed by atoms with Crippen LogP contribution in [0.5, 0.6) is 0 Å². The molecule has 0 spiro atoms. The highest BCUT2D eigenvalue weighted by Crippen LogP contribution is 1.97. The number of esters is 2. The summed E-state index contributed by atoms with van der Waals surface area (Å²) in [7, 11) is -3.36. The third-order valence-corrected chi connectivity index (χ3v) is 3.80. The molecule has 7 heteroatoms. The fourth-order valence-electron chi connectivity index (χ4n) is 1.22. The van der Waals surface area contributed by atoms with Crippen molar-refractivity contribution in [2.24, 2.45) is 0 Å². The first-order valence-electron chi connectivity index (χ1n) is 6.43. The summed E-state index contributed by atoms with van der Waals surface area (Å²) >= 11 is 0. The van der Waals surface area contributed by atoms with Crippen LogP contribution in [-0.2, 0) is 28.9 Å². The molecule has 19 heavy (non-hydrogen) atoms. The van der Waals surface area contributed by atoms with Gasteiger partial charge in [0.1, 0.15) is 13.2 Å². The van der Waals surface area contributed by atoms with Crippen molar-refractivity contribution in [2.45, 2.75) is 39.5 Å². The van der Waals surface area contributed by atoms with Gasteiger partial charge in [0.2, 0.25) is 0 Å². The van der Waals surface area contributed by atoms with E-state index in [1.54, 1.807) is 0 Å². The van der Waals surface area contributed by atoms with Crippen LogP contribution >= 0.6 is 0 Å².